The van der Waals surface area contributed by atoms with Crippen LogP contribution in [-0.2, 0) is 4.79 Å². The van der Waals surface area contributed by atoms with Gasteiger partial charge in [0.1, 0.15) is 5.54 Å². The standard InChI is InChI=1S/C12H9F2NO4/c1-12(2,11(18)19)15-9(16)5-3-7(13)8(14)4-6(5)10(15)17/h3-4H,1-2H3,(H,18,19). The van der Waals surface area contributed by atoms with E-state index in [2.05, 4.69) is 0 Å². The molecule has 0 aromatic heterocycles. The summed E-state index contributed by atoms with van der Waals surface area (Å²) >= 11 is 0. The average Bonchev–Trinajstić information content (AvgIpc) is 2.53. The molecule has 0 saturated carbocycles. The Morgan fingerprint density at radius 2 is 1.47 bits per heavy atom. The monoisotopic (exact) mass is 269 g/mol. The molecule has 0 spiro atoms. The van der Waals surface area contributed by atoms with Crippen LogP contribution in [0.25, 0.3) is 0 Å². The highest BCUT2D eigenvalue weighted by Gasteiger charge is 2.48. The number of carbonyl (C=O) groups excluding carboxylic acids is 2. The average molecular weight is 269 g/mol. The number of aliphatic carboxylic acids is 1. The summed E-state index contributed by atoms with van der Waals surface area (Å²) in [5.74, 6) is -5.84. The van der Waals surface area contributed by atoms with Crippen LogP contribution in [0.3, 0.4) is 0 Å². The third-order valence-electron chi connectivity index (χ3n) is 3.01. The molecular weight excluding hydrogens is 260 g/mol. The number of rotatable bonds is 2. The van der Waals surface area contributed by atoms with Crippen LogP contribution in [0.1, 0.15) is 34.6 Å². The molecule has 100 valence electrons. The van der Waals surface area contributed by atoms with Gasteiger partial charge >= 0.3 is 5.97 Å². The summed E-state index contributed by atoms with van der Waals surface area (Å²) in [6.45, 7) is 2.31. The molecule has 1 aromatic carbocycles. The fraction of sp³-hybridized carbons (Fsp3) is 0.250. The summed E-state index contributed by atoms with van der Waals surface area (Å²) in [6.07, 6.45) is 0. The van der Waals surface area contributed by atoms with Crippen molar-refractivity contribution in [1.82, 2.24) is 4.90 Å². The van der Waals surface area contributed by atoms with Crippen molar-refractivity contribution in [2.45, 2.75) is 19.4 Å². The molecule has 7 heteroatoms. The number of amides is 2. The minimum atomic E-state index is -1.81. The van der Waals surface area contributed by atoms with Crippen molar-refractivity contribution in [3.05, 3.63) is 34.9 Å². The zero-order valence-corrected chi connectivity index (χ0v) is 10.0. The van der Waals surface area contributed by atoms with E-state index in [-0.39, 0.29) is 11.1 Å². The lowest BCUT2D eigenvalue weighted by molar-refractivity contribution is -0.146. The number of carboxylic acid groups (broad SMARTS) is 1. The maximum absolute atomic E-state index is 13.1. The molecule has 19 heavy (non-hydrogen) atoms. The Morgan fingerprint density at radius 1 is 1.11 bits per heavy atom. The van der Waals surface area contributed by atoms with Gasteiger partial charge < -0.3 is 5.11 Å². The highest BCUT2D eigenvalue weighted by molar-refractivity contribution is 6.23. The highest BCUT2D eigenvalue weighted by Crippen LogP contribution is 2.30. The Bertz CT molecular complexity index is 583. The second kappa shape index (κ2) is 3.84. The van der Waals surface area contributed by atoms with Gasteiger partial charge in [-0.15, -0.1) is 0 Å². The Morgan fingerprint density at radius 3 is 1.79 bits per heavy atom. The highest BCUT2D eigenvalue weighted by atomic mass is 19.2. The summed E-state index contributed by atoms with van der Waals surface area (Å²) in [6, 6.07) is 1.20. The van der Waals surface area contributed by atoms with E-state index in [1.54, 1.807) is 0 Å². The van der Waals surface area contributed by atoms with Crippen LogP contribution in [-0.4, -0.2) is 33.3 Å². The summed E-state index contributed by atoms with van der Waals surface area (Å²) in [7, 11) is 0. The van der Waals surface area contributed by atoms with E-state index in [1.165, 1.54) is 0 Å². The number of imide groups is 1. The molecular formula is C12H9F2NO4. The molecule has 1 aliphatic heterocycles. The predicted molar refractivity (Wildman–Crippen MR) is 58.6 cm³/mol. The Labute approximate surface area is 106 Å². The van der Waals surface area contributed by atoms with E-state index in [1.807, 2.05) is 0 Å². The van der Waals surface area contributed by atoms with Crippen LogP contribution in [0.15, 0.2) is 12.1 Å². The van der Waals surface area contributed by atoms with E-state index < -0.39 is 35.0 Å². The van der Waals surface area contributed by atoms with Crippen LogP contribution < -0.4 is 0 Å². The fourth-order valence-electron chi connectivity index (χ4n) is 1.84. The van der Waals surface area contributed by atoms with Crippen LogP contribution >= 0.6 is 0 Å². The van der Waals surface area contributed by atoms with E-state index in [0.29, 0.717) is 17.0 Å². The van der Waals surface area contributed by atoms with Crippen molar-refractivity contribution in [1.29, 1.82) is 0 Å². The van der Waals surface area contributed by atoms with Gasteiger partial charge in [-0.1, -0.05) is 0 Å². The first-order valence-corrected chi connectivity index (χ1v) is 5.29. The van der Waals surface area contributed by atoms with Gasteiger partial charge in [0.2, 0.25) is 0 Å². The predicted octanol–water partition coefficient (Wildman–Crippen LogP) is 1.42. The summed E-state index contributed by atoms with van der Waals surface area (Å²) in [5.41, 5.74) is -2.48. The van der Waals surface area contributed by atoms with Gasteiger partial charge in [-0.05, 0) is 26.0 Å². The molecule has 0 atom stereocenters. The van der Waals surface area contributed by atoms with Gasteiger partial charge in [-0.2, -0.15) is 0 Å². The van der Waals surface area contributed by atoms with E-state index in [9.17, 15) is 23.2 Å². The first-order chi connectivity index (χ1) is 8.67. The summed E-state index contributed by atoms with van der Waals surface area (Å²) in [5, 5.41) is 9.03. The number of carboxylic acids is 1. The SMILES string of the molecule is CC(C)(C(=O)O)N1C(=O)c2cc(F)c(F)cc2C1=O. The maximum atomic E-state index is 13.1. The first-order valence-electron chi connectivity index (χ1n) is 5.29. The molecule has 1 aliphatic rings. The van der Waals surface area contributed by atoms with Crippen molar-refractivity contribution >= 4 is 17.8 Å². The Hall–Kier alpha value is -2.31. The topological polar surface area (TPSA) is 74.7 Å². The van der Waals surface area contributed by atoms with Crippen molar-refractivity contribution in [3.63, 3.8) is 0 Å². The normalized spacial score (nSPS) is 14.8. The zero-order valence-electron chi connectivity index (χ0n) is 10.0. The molecule has 0 aliphatic carbocycles. The lowest BCUT2D eigenvalue weighted by Crippen LogP contribution is -2.52. The maximum Gasteiger partial charge on any atom is 0.329 e. The molecule has 1 N–H and O–H groups in total. The van der Waals surface area contributed by atoms with E-state index in [0.717, 1.165) is 13.8 Å². The molecule has 0 saturated heterocycles. The van der Waals surface area contributed by atoms with E-state index in [4.69, 9.17) is 5.11 Å². The lowest BCUT2D eigenvalue weighted by atomic mass is 10.0. The molecule has 2 rings (SSSR count). The first kappa shape index (κ1) is 13.1. The van der Waals surface area contributed by atoms with Gasteiger partial charge in [0.15, 0.2) is 11.6 Å². The van der Waals surface area contributed by atoms with Crippen LogP contribution in [0.4, 0.5) is 8.78 Å². The lowest BCUT2D eigenvalue weighted by Gasteiger charge is -2.29. The van der Waals surface area contributed by atoms with Crippen LogP contribution in [0.2, 0.25) is 0 Å². The molecule has 0 radical (unpaired) electrons. The molecule has 0 bridgehead atoms. The molecule has 2 amide bonds. The number of hydrogen-bond acceptors (Lipinski definition) is 3. The number of hydrogen-bond donors (Lipinski definition) is 1. The van der Waals surface area contributed by atoms with Gasteiger partial charge in [0.05, 0.1) is 11.1 Å². The number of halogens is 2. The van der Waals surface area contributed by atoms with Crippen molar-refractivity contribution in [2.75, 3.05) is 0 Å². The van der Waals surface area contributed by atoms with Crippen molar-refractivity contribution in [2.24, 2.45) is 0 Å². The third kappa shape index (κ3) is 1.69. The van der Waals surface area contributed by atoms with Gasteiger partial charge in [0, 0.05) is 0 Å². The minimum Gasteiger partial charge on any atom is -0.480 e. The smallest absolute Gasteiger partial charge is 0.329 e. The zero-order chi connectivity index (χ0) is 14.5. The summed E-state index contributed by atoms with van der Waals surface area (Å²) < 4.78 is 26.2. The van der Waals surface area contributed by atoms with Crippen LogP contribution in [0.5, 0.6) is 0 Å². The number of fused-ring (bicyclic) bond motifs is 1. The number of benzene rings is 1. The number of carbonyl (C=O) groups is 3. The van der Waals surface area contributed by atoms with Crippen molar-refractivity contribution in [3.8, 4) is 0 Å². The van der Waals surface area contributed by atoms with Gasteiger partial charge in [-0.3, -0.25) is 14.5 Å². The van der Waals surface area contributed by atoms with Gasteiger partial charge in [-0.25, -0.2) is 13.6 Å². The minimum absolute atomic E-state index is 0.335. The second-order valence-corrected chi connectivity index (χ2v) is 4.62. The molecule has 0 unspecified atom stereocenters. The van der Waals surface area contributed by atoms with Crippen LogP contribution in [0, 0.1) is 11.6 Å². The molecule has 1 heterocycles. The largest absolute Gasteiger partial charge is 0.480 e. The molecule has 1 aromatic rings. The van der Waals surface area contributed by atoms with E-state index >= 15 is 0 Å². The van der Waals surface area contributed by atoms with Gasteiger partial charge in [0.25, 0.3) is 11.8 Å². The van der Waals surface area contributed by atoms with Crippen molar-refractivity contribution < 1.29 is 28.3 Å². The number of nitrogens with zero attached hydrogens (tertiary/aromatic N) is 1. The quantitative estimate of drug-likeness (QED) is 0.824. The third-order valence-corrected chi connectivity index (χ3v) is 3.01. The fourth-order valence-corrected chi connectivity index (χ4v) is 1.84. The molecule has 5 nitrogen and oxygen atoms in total. The Balaban J connectivity index is 2.60. The second-order valence-electron chi connectivity index (χ2n) is 4.62. The molecule has 0 fully saturated rings. The Kier molecular flexibility index (Phi) is 2.65. The summed E-state index contributed by atoms with van der Waals surface area (Å²) in [4.78, 5) is 35.5.